The Labute approximate surface area is 75.5 Å². The van der Waals surface area contributed by atoms with Crippen LogP contribution in [0, 0.1) is 3.57 Å². The van der Waals surface area contributed by atoms with Crippen molar-refractivity contribution in [2.75, 3.05) is 4.93 Å². The van der Waals surface area contributed by atoms with E-state index in [0.29, 0.717) is 5.69 Å². The summed E-state index contributed by atoms with van der Waals surface area (Å²) in [5.41, 5.74) is 0.476. The van der Waals surface area contributed by atoms with Gasteiger partial charge in [0.1, 0.15) is 0 Å². The van der Waals surface area contributed by atoms with Crippen molar-refractivity contribution in [3.8, 4) is 0 Å². The molecule has 1 heterocycles. The molecule has 0 amide bonds. The predicted molar refractivity (Wildman–Crippen MR) is 36.7 cm³/mol. The number of aromatic nitrogens is 2. The monoisotopic (exact) mass is 263 g/mol. The molecule has 0 unspecified atom stereocenters. The van der Waals surface area contributed by atoms with Gasteiger partial charge in [-0.25, -0.2) is 0 Å². The molecule has 3 nitrogen and oxygen atoms in total. The van der Waals surface area contributed by atoms with E-state index < -0.39 is 0 Å². The van der Waals surface area contributed by atoms with Gasteiger partial charge in [-0.05, 0) is 0 Å². The molecule has 4 heteroatoms. The third-order valence-electron chi connectivity index (χ3n) is 1.20. The van der Waals surface area contributed by atoms with Crippen LogP contribution in [0.25, 0.3) is 0 Å². The first-order valence-corrected chi connectivity index (χ1v) is 6.31. The molecule has 0 saturated carbocycles. The topological polar surface area (TPSA) is 42.9 Å². The van der Waals surface area contributed by atoms with Crippen molar-refractivity contribution in [2.24, 2.45) is 0 Å². The fraction of sp³-hybridized carbons (Fsp3) is 0.286. The molecule has 0 fully saturated rings. The quantitative estimate of drug-likeness (QED) is 0.338. The van der Waals surface area contributed by atoms with Gasteiger partial charge in [0.15, 0.2) is 0 Å². The molecule has 0 bridgehead atoms. The van der Waals surface area contributed by atoms with Crippen LogP contribution in [0.4, 0.5) is 0 Å². The number of ketones is 1. The van der Waals surface area contributed by atoms with Crippen LogP contribution < -0.4 is 21.2 Å². The maximum absolute atomic E-state index is 10.8. The van der Waals surface area contributed by atoms with Crippen molar-refractivity contribution in [2.45, 2.75) is 6.92 Å². The number of hydrogen-bond donors (Lipinski definition) is 0. The van der Waals surface area contributed by atoms with E-state index in [4.69, 9.17) is 0 Å². The Balaban J connectivity index is 3.01. The second-order valence-electron chi connectivity index (χ2n) is 2.00. The van der Waals surface area contributed by atoms with Gasteiger partial charge in [0.2, 0.25) is 0 Å². The molecule has 0 radical (unpaired) electrons. The van der Waals surface area contributed by atoms with Crippen LogP contribution in [0.3, 0.4) is 0 Å². The Bertz CT molecular complexity index is 275. The summed E-state index contributed by atoms with van der Waals surface area (Å²) in [5, 5.41) is 7.44. The van der Waals surface area contributed by atoms with Crippen LogP contribution in [0.15, 0.2) is 12.3 Å². The summed E-state index contributed by atoms with van der Waals surface area (Å²) in [6.45, 7) is 1.50. The summed E-state index contributed by atoms with van der Waals surface area (Å²) < 4.78 is 1.16. The van der Waals surface area contributed by atoms with E-state index in [9.17, 15) is 4.79 Å². The summed E-state index contributed by atoms with van der Waals surface area (Å²) in [7, 11) is 0. The number of nitrogens with zero attached hydrogens (tertiary/aromatic N) is 2. The van der Waals surface area contributed by atoms with Crippen molar-refractivity contribution in [1.29, 1.82) is 0 Å². The minimum atomic E-state index is -0.0168. The molecule has 0 aromatic carbocycles. The zero-order chi connectivity index (χ0) is 8.27. The zero-order valence-corrected chi connectivity index (χ0v) is 8.49. The van der Waals surface area contributed by atoms with Gasteiger partial charge >= 0.3 is 75.4 Å². The van der Waals surface area contributed by atoms with Crippen LogP contribution in [0.5, 0.6) is 0 Å². The molecule has 0 atom stereocenters. The van der Waals surface area contributed by atoms with Gasteiger partial charge in [0, 0.05) is 0 Å². The van der Waals surface area contributed by atoms with E-state index in [1.54, 1.807) is 6.20 Å². The average molecular weight is 263 g/mol. The zero-order valence-electron chi connectivity index (χ0n) is 6.34. The molecular weight excluding hydrogens is 255 g/mol. The first kappa shape index (κ1) is 8.58. The van der Waals surface area contributed by atoms with Gasteiger partial charge in [-0.15, -0.1) is 0 Å². The van der Waals surface area contributed by atoms with E-state index in [2.05, 4.69) is 15.1 Å². The van der Waals surface area contributed by atoms with Crippen molar-refractivity contribution in [3.63, 3.8) is 0 Å². The maximum atomic E-state index is 10.8. The Morgan fingerprint density at radius 2 is 2.36 bits per heavy atom. The second kappa shape index (κ2) is 3.75. The fourth-order valence-electron chi connectivity index (χ4n) is 0.618. The normalized spacial score (nSPS) is 10.0. The Morgan fingerprint density at radius 3 is 2.91 bits per heavy atom. The van der Waals surface area contributed by atoms with Gasteiger partial charge in [0.05, 0.1) is 0 Å². The molecule has 1 rings (SSSR count). The van der Waals surface area contributed by atoms with Crippen molar-refractivity contribution >= 4 is 5.78 Å². The van der Waals surface area contributed by atoms with Crippen LogP contribution in [0.2, 0.25) is 0 Å². The van der Waals surface area contributed by atoms with E-state index in [1.807, 2.05) is 6.07 Å². The fourth-order valence-corrected chi connectivity index (χ4v) is 1.63. The van der Waals surface area contributed by atoms with Crippen molar-refractivity contribution in [1.82, 2.24) is 10.2 Å². The summed E-state index contributed by atoms with van der Waals surface area (Å²) in [6, 6.07) is 1.82. The summed E-state index contributed by atoms with van der Waals surface area (Å²) in [5.74, 6) is -0.0168. The van der Waals surface area contributed by atoms with E-state index in [0.717, 1.165) is 3.57 Å². The Morgan fingerprint density at radius 1 is 1.64 bits per heavy atom. The molecule has 11 heavy (non-hydrogen) atoms. The molecule has 0 aliphatic heterocycles. The molecule has 0 aliphatic carbocycles. The van der Waals surface area contributed by atoms with Crippen molar-refractivity contribution in [3.05, 3.63) is 21.5 Å². The number of carbonyl (C=O) groups excluding carboxylic acids is 1. The number of halogens is 1. The summed E-state index contributed by atoms with van der Waals surface area (Å²) in [4.78, 5) is 12.9. The molecule has 0 aliphatic rings. The average Bonchev–Trinajstić information content (AvgIpc) is 2.05. The SMILES string of the molecule is C[I-]c1cnnc(C(C)=O)c1. The standard InChI is InChI=1S/C7H8IN2O/c1-5(11)7-3-6(8-2)4-9-10-7/h3-4H,1-2H3/q-1. The minimum absolute atomic E-state index is 0.0123. The second-order valence-corrected chi connectivity index (χ2v) is 4.33. The van der Waals surface area contributed by atoms with Crippen LogP contribution >= 0.6 is 0 Å². The van der Waals surface area contributed by atoms with Gasteiger partial charge in [-0.2, -0.15) is 0 Å². The van der Waals surface area contributed by atoms with Crippen LogP contribution in [0.1, 0.15) is 17.4 Å². The van der Waals surface area contributed by atoms with Gasteiger partial charge < -0.3 is 0 Å². The van der Waals surface area contributed by atoms with Gasteiger partial charge in [-0.1, -0.05) is 0 Å². The molecule has 1 aromatic heterocycles. The van der Waals surface area contributed by atoms with Gasteiger partial charge in [-0.3, -0.25) is 0 Å². The Hall–Kier alpha value is -0.520. The molecule has 1 aromatic rings. The van der Waals surface area contributed by atoms with Crippen molar-refractivity contribution < 1.29 is 26.0 Å². The third kappa shape index (κ3) is 2.21. The summed E-state index contributed by atoms with van der Waals surface area (Å²) in [6.07, 6.45) is 1.72. The van der Waals surface area contributed by atoms with E-state index in [-0.39, 0.29) is 27.0 Å². The number of rotatable bonds is 2. The number of carbonyl (C=O) groups is 1. The van der Waals surface area contributed by atoms with E-state index >= 15 is 0 Å². The number of alkyl halides is 1. The molecule has 0 spiro atoms. The molecule has 60 valence electrons. The molecular formula is C7H8IN2O-. The van der Waals surface area contributed by atoms with Gasteiger partial charge in [0.25, 0.3) is 0 Å². The molecule has 0 saturated heterocycles. The van der Waals surface area contributed by atoms with Crippen LogP contribution in [-0.4, -0.2) is 20.9 Å². The van der Waals surface area contributed by atoms with Crippen LogP contribution in [-0.2, 0) is 0 Å². The number of Topliss-reactive ketones (excluding diaryl/α,β-unsaturated/α-hetero) is 1. The first-order chi connectivity index (χ1) is 5.24. The first-order valence-electron chi connectivity index (χ1n) is 3.07. The predicted octanol–water partition coefficient (Wildman–Crippen LogP) is -2.43. The van der Waals surface area contributed by atoms with E-state index in [1.165, 1.54) is 6.92 Å². The third-order valence-corrected chi connectivity index (χ3v) is 3.04. The Kier molecular flexibility index (Phi) is 2.92. The number of hydrogen-bond acceptors (Lipinski definition) is 3. The summed E-state index contributed by atoms with van der Waals surface area (Å²) >= 11 is 0.0123. The molecule has 0 N–H and O–H groups in total.